The number of carbonyl (C=O) groups is 1. The lowest BCUT2D eigenvalue weighted by Gasteiger charge is -2.19. The van der Waals surface area contributed by atoms with Crippen LogP contribution < -0.4 is 5.32 Å². The molecule has 0 aliphatic carbocycles. The van der Waals surface area contributed by atoms with Crippen LogP contribution in [0.15, 0.2) is 24.3 Å². The van der Waals surface area contributed by atoms with Crippen molar-refractivity contribution in [2.45, 2.75) is 19.6 Å². The molecule has 0 heterocycles. The van der Waals surface area contributed by atoms with Crippen LogP contribution in [-0.4, -0.2) is 30.9 Å². The number of nitrogens with one attached hydrogen (secondary N) is 1. The van der Waals surface area contributed by atoms with Crippen LogP contribution in [0.4, 0.5) is 13.2 Å². The number of alkyl halides is 3. The van der Waals surface area contributed by atoms with E-state index in [1.165, 1.54) is 12.1 Å². The van der Waals surface area contributed by atoms with Crippen LogP contribution in [0.1, 0.15) is 18.1 Å². The van der Waals surface area contributed by atoms with E-state index in [1.807, 2.05) is 0 Å². The zero-order valence-electron chi connectivity index (χ0n) is 10.9. The standard InChI is InChI=1S/C13H17F3N2O/c1-3-17-12(19)9-18(2)8-10-6-4-5-7-11(10)13(14,15)16/h4-7H,3,8-9H2,1-2H3,(H,17,19). The first-order chi connectivity index (χ1) is 8.84. The largest absolute Gasteiger partial charge is 0.416 e. The molecular weight excluding hydrogens is 257 g/mol. The van der Waals surface area contributed by atoms with E-state index in [-0.39, 0.29) is 24.6 Å². The molecule has 19 heavy (non-hydrogen) atoms. The fourth-order valence-electron chi connectivity index (χ4n) is 1.78. The fourth-order valence-corrected chi connectivity index (χ4v) is 1.78. The summed E-state index contributed by atoms with van der Waals surface area (Å²) in [7, 11) is 1.61. The molecule has 0 radical (unpaired) electrons. The number of hydrogen-bond acceptors (Lipinski definition) is 2. The van der Waals surface area contributed by atoms with Crippen molar-refractivity contribution in [1.82, 2.24) is 10.2 Å². The topological polar surface area (TPSA) is 32.3 Å². The Balaban J connectivity index is 2.74. The Morgan fingerprint density at radius 3 is 2.53 bits per heavy atom. The van der Waals surface area contributed by atoms with E-state index in [0.29, 0.717) is 6.54 Å². The van der Waals surface area contributed by atoms with Gasteiger partial charge < -0.3 is 5.32 Å². The van der Waals surface area contributed by atoms with Crippen LogP contribution in [-0.2, 0) is 17.5 Å². The molecule has 0 aliphatic heterocycles. The molecule has 0 unspecified atom stereocenters. The number of likely N-dealkylation sites (N-methyl/N-ethyl adjacent to an activating group) is 2. The summed E-state index contributed by atoms with van der Waals surface area (Å²) in [4.78, 5) is 12.9. The van der Waals surface area contributed by atoms with Crippen molar-refractivity contribution >= 4 is 5.91 Å². The molecule has 106 valence electrons. The number of hydrogen-bond donors (Lipinski definition) is 1. The van der Waals surface area contributed by atoms with Crippen molar-refractivity contribution in [3.8, 4) is 0 Å². The number of benzene rings is 1. The van der Waals surface area contributed by atoms with Crippen molar-refractivity contribution in [2.75, 3.05) is 20.1 Å². The highest BCUT2D eigenvalue weighted by atomic mass is 19.4. The molecule has 0 fully saturated rings. The molecule has 1 aromatic rings. The van der Waals surface area contributed by atoms with Crippen molar-refractivity contribution in [1.29, 1.82) is 0 Å². The third kappa shape index (κ3) is 4.90. The monoisotopic (exact) mass is 274 g/mol. The lowest BCUT2D eigenvalue weighted by molar-refractivity contribution is -0.138. The maximum absolute atomic E-state index is 12.8. The zero-order chi connectivity index (χ0) is 14.5. The highest BCUT2D eigenvalue weighted by molar-refractivity contribution is 5.77. The van der Waals surface area contributed by atoms with Crippen LogP contribution in [0.5, 0.6) is 0 Å². The number of halogens is 3. The van der Waals surface area contributed by atoms with E-state index in [0.717, 1.165) is 6.07 Å². The molecule has 0 spiro atoms. The van der Waals surface area contributed by atoms with Gasteiger partial charge in [0.1, 0.15) is 0 Å². The predicted molar refractivity (Wildman–Crippen MR) is 66.5 cm³/mol. The van der Waals surface area contributed by atoms with Crippen LogP contribution in [0.3, 0.4) is 0 Å². The Labute approximate surface area is 110 Å². The van der Waals surface area contributed by atoms with Crippen molar-refractivity contribution < 1.29 is 18.0 Å². The maximum atomic E-state index is 12.8. The Hall–Kier alpha value is -1.56. The second-order valence-corrected chi connectivity index (χ2v) is 4.28. The first-order valence-corrected chi connectivity index (χ1v) is 5.95. The molecule has 6 heteroatoms. The molecule has 1 amide bonds. The lowest BCUT2D eigenvalue weighted by Crippen LogP contribution is -2.35. The van der Waals surface area contributed by atoms with Gasteiger partial charge in [-0.05, 0) is 25.6 Å². The normalized spacial score (nSPS) is 11.7. The van der Waals surface area contributed by atoms with Gasteiger partial charge in [-0.2, -0.15) is 13.2 Å². The second-order valence-electron chi connectivity index (χ2n) is 4.28. The third-order valence-electron chi connectivity index (χ3n) is 2.55. The van der Waals surface area contributed by atoms with E-state index < -0.39 is 11.7 Å². The second kappa shape index (κ2) is 6.56. The van der Waals surface area contributed by atoms with Crippen LogP contribution >= 0.6 is 0 Å². The van der Waals surface area contributed by atoms with E-state index in [9.17, 15) is 18.0 Å². The summed E-state index contributed by atoms with van der Waals surface area (Å²) in [5.74, 6) is -0.200. The highest BCUT2D eigenvalue weighted by Crippen LogP contribution is 2.32. The third-order valence-corrected chi connectivity index (χ3v) is 2.55. The molecule has 0 atom stereocenters. The van der Waals surface area contributed by atoms with Gasteiger partial charge in [-0.1, -0.05) is 18.2 Å². The Bertz CT molecular complexity index is 432. The van der Waals surface area contributed by atoms with Gasteiger partial charge in [0.15, 0.2) is 0 Å². The SMILES string of the molecule is CCNC(=O)CN(C)Cc1ccccc1C(F)(F)F. The summed E-state index contributed by atoms with van der Waals surface area (Å²) in [6.07, 6.45) is -4.37. The number of rotatable bonds is 5. The first-order valence-electron chi connectivity index (χ1n) is 5.95. The number of carbonyl (C=O) groups excluding carboxylic acids is 1. The van der Waals surface area contributed by atoms with Crippen molar-refractivity contribution in [3.05, 3.63) is 35.4 Å². The van der Waals surface area contributed by atoms with E-state index in [4.69, 9.17) is 0 Å². The predicted octanol–water partition coefficient (Wildman–Crippen LogP) is 2.27. The van der Waals surface area contributed by atoms with E-state index in [2.05, 4.69) is 5.32 Å². The molecule has 1 N–H and O–H groups in total. The van der Waals surface area contributed by atoms with Gasteiger partial charge in [-0.3, -0.25) is 9.69 Å². The Morgan fingerprint density at radius 2 is 1.95 bits per heavy atom. The van der Waals surface area contributed by atoms with Crippen LogP contribution in [0.2, 0.25) is 0 Å². The van der Waals surface area contributed by atoms with Gasteiger partial charge >= 0.3 is 6.18 Å². The van der Waals surface area contributed by atoms with Gasteiger partial charge in [0.2, 0.25) is 5.91 Å². The Morgan fingerprint density at radius 1 is 1.32 bits per heavy atom. The summed E-state index contributed by atoms with van der Waals surface area (Å²) >= 11 is 0. The quantitative estimate of drug-likeness (QED) is 0.893. The summed E-state index contributed by atoms with van der Waals surface area (Å²) < 4.78 is 38.4. The maximum Gasteiger partial charge on any atom is 0.416 e. The van der Waals surface area contributed by atoms with E-state index in [1.54, 1.807) is 24.9 Å². The molecule has 3 nitrogen and oxygen atoms in total. The van der Waals surface area contributed by atoms with Gasteiger partial charge in [-0.15, -0.1) is 0 Å². The number of nitrogens with zero attached hydrogens (tertiary/aromatic N) is 1. The summed E-state index contributed by atoms with van der Waals surface area (Å²) in [5.41, 5.74) is -0.487. The summed E-state index contributed by atoms with van der Waals surface area (Å²) in [6.45, 7) is 2.44. The van der Waals surface area contributed by atoms with Gasteiger partial charge in [-0.25, -0.2) is 0 Å². The fraction of sp³-hybridized carbons (Fsp3) is 0.462. The minimum atomic E-state index is -4.37. The number of amides is 1. The highest BCUT2D eigenvalue weighted by Gasteiger charge is 2.33. The zero-order valence-corrected chi connectivity index (χ0v) is 10.9. The summed E-state index contributed by atoms with van der Waals surface area (Å²) in [5, 5.41) is 2.60. The average Bonchev–Trinajstić information content (AvgIpc) is 2.28. The molecular formula is C13H17F3N2O. The smallest absolute Gasteiger partial charge is 0.355 e. The minimum absolute atomic E-state index is 0.0695. The van der Waals surface area contributed by atoms with Crippen molar-refractivity contribution in [2.24, 2.45) is 0 Å². The molecule has 0 aliphatic rings. The van der Waals surface area contributed by atoms with Crippen LogP contribution in [0, 0.1) is 0 Å². The first kappa shape index (κ1) is 15.5. The van der Waals surface area contributed by atoms with Gasteiger partial charge in [0, 0.05) is 13.1 Å². The van der Waals surface area contributed by atoms with Crippen LogP contribution in [0.25, 0.3) is 0 Å². The summed E-state index contributed by atoms with van der Waals surface area (Å²) in [6, 6.07) is 5.40. The van der Waals surface area contributed by atoms with Gasteiger partial charge in [0.25, 0.3) is 0 Å². The average molecular weight is 274 g/mol. The minimum Gasteiger partial charge on any atom is -0.355 e. The molecule has 0 bridgehead atoms. The van der Waals surface area contributed by atoms with Gasteiger partial charge in [0.05, 0.1) is 12.1 Å². The molecule has 0 aromatic heterocycles. The lowest BCUT2D eigenvalue weighted by atomic mass is 10.1. The van der Waals surface area contributed by atoms with Crippen molar-refractivity contribution in [3.63, 3.8) is 0 Å². The molecule has 1 aromatic carbocycles. The Kier molecular flexibility index (Phi) is 5.35. The molecule has 0 saturated carbocycles. The molecule has 0 saturated heterocycles. The van der Waals surface area contributed by atoms with E-state index >= 15 is 0 Å². The molecule has 1 rings (SSSR count).